The van der Waals surface area contributed by atoms with Crippen molar-refractivity contribution in [1.82, 2.24) is 9.97 Å². The number of nitrogens with zero attached hydrogens (tertiary/aromatic N) is 1. The summed E-state index contributed by atoms with van der Waals surface area (Å²) in [4.78, 5) is 6.68. The van der Waals surface area contributed by atoms with E-state index in [4.69, 9.17) is 0 Å². The fraction of sp³-hybridized carbons (Fsp3) is 0.0714. The first-order valence-electron chi connectivity index (χ1n) is 5.68. The molecule has 19 heavy (non-hydrogen) atoms. The van der Waals surface area contributed by atoms with Crippen molar-refractivity contribution in [3.05, 3.63) is 54.1 Å². The Morgan fingerprint density at radius 2 is 1.79 bits per heavy atom. The van der Waals surface area contributed by atoms with E-state index in [1.54, 1.807) is 24.4 Å². The molecule has 1 N–H and O–H groups in total. The van der Waals surface area contributed by atoms with Gasteiger partial charge in [0.15, 0.2) is 0 Å². The summed E-state index contributed by atoms with van der Waals surface area (Å²) in [6.07, 6.45) is -1.02. The standard InChI is InChI=1S/C14H9F3N2/c15-12-6-5-11-13(19-12)10(7-18-11)8-3-1-2-4-9(8)14(16)17/h1-7,14,18H. The van der Waals surface area contributed by atoms with Crippen LogP contribution in [0.5, 0.6) is 0 Å². The summed E-state index contributed by atoms with van der Waals surface area (Å²) in [6.45, 7) is 0. The highest BCUT2D eigenvalue weighted by molar-refractivity contribution is 5.93. The number of aromatic nitrogens is 2. The number of pyridine rings is 1. The van der Waals surface area contributed by atoms with Gasteiger partial charge in [0.25, 0.3) is 6.43 Å². The highest BCUT2D eigenvalue weighted by atomic mass is 19.3. The molecule has 3 rings (SSSR count). The van der Waals surface area contributed by atoms with Crippen molar-refractivity contribution >= 4 is 11.0 Å². The van der Waals surface area contributed by atoms with Crippen LogP contribution in [0.15, 0.2) is 42.6 Å². The van der Waals surface area contributed by atoms with E-state index < -0.39 is 12.4 Å². The third-order valence-corrected chi connectivity index (χ3v) is 2.97. The van der Waals surface area contributed by atoms with E-state index in [0.717, 1.165) is 0 Å². The number of fused-ring (bicyclic) bond motifs is 1. The van der Waals surface area contributed by atoms with E-state index in [1.807, 2.05) is 0 Å². The van der Waals surface area contributed by atoms with E-state index in [9.17, 15) is 13.2 Å². The lowest BCUT2D eigenvalue weighted by atomic mass is 10.0. The first kappa shape index (κ1) is 11.8. The first-order valence-corrected chi connectivity index (χ1v) is 5.68. The minimum atomic E-state index is -2.59. The van der Waals surface area contributed by atoms with E-state index >= 15 is 0 Å². The molecule has 0 amide bonds. The lowest BCUT2D eigenvalue weighted by Gasteiger charge is -2.07. The molecule has 0 spiro atoms. The van der Waals surface area contributed by atoms with Crippen LogP contribution in [-0.2, 0) is 0 Å². The minimum Gasteiger partial charge on any atom is -0.359 e. The minimum absolute atomic E-state index is 0.0885. The van der Waals surface area contributed by atoms with Crippen LogP contribution in [0.4, 0.5) is 13.2 Å². The second-order valence-electron chi connectivity index (χ2n) is 4.12. The second kappa shape index (κ2) is 4.42. The molecule has 3 aromatic rings. The predicted molar refractivity (Wildman–Crippen MR) is 66.4 cm³/mol. The largest absolute Gasteiger partial charge is 0.359 e. The molecule has 0 bridgehead atoms. The number of rotatable bonds is 2. The number of hydrogen-bond donors (Lipinski definition) is 1. The molecule has 5 heteroatoms. The third-order valence-electron chi connectivity index (χ3n) is 2.97. The van der Waals surface area contributed by atoms with Crippen molar-refractivity contribution in [1.29, 1.82) is 0 Å². The van der Waals surface area contributed by atoms with Gasteiger partial charge in [0.05, 0.1) is 11.0 Å². The van der Waals surface area contributed by atoms with Crippen LogP contribution in [0.3, 0.4) is 0 Å². The number of H-pyrrole nitrogens is 1. The van der Waals surface area contributed by atoms with Gasteiger partial charge in [0.1, 0.15) is 0 Å². The second-order valence-corrected chi connectivity index (χ2v) is 4.12. The number of nitrogens with one attached hydrogen (secondary N) is 1. The van der Waals surface area contributed by atoms with Crippen molar-refractivity contribution in [3.63, 3.8) is 0 Å². The quantitative estimate of drug-likeness (QED) is 0.685. The maximum atomic E-state index is 13.2. The van der Waals surface area contributed by atoms with Gasteiger partial charge >= 0.3 is 0 Å². The fourth-order valence-electron chi connectivity index (χ4n) is 2.11. The van der Waals surface area contributed by atoms with Gasteiger partial charge in [-0.05, 0) is 17.7 Å². The van der Waals surface area contributed by atoms with Gasteiger partial charge in [0.2, 0.25) is 5.95 Å². The number of halogens is 3. The Hall–Kier alpha value is -2.30. The van der Waals surface area contributed by atoms with Gasteiger partial charge in [-0.3, -0.25) is 0 Å². The maximum Gasteiger partial charge on any atom is 0.264 e. The van der Waals surface area contributed by atoms with Crippen LogP contribution in [0.2, 0.25) is 0 Å². The van der Waals surface area contributed by atoms with E-state index in [1.165, 1.54) is 18.2 Å². The SMILES string of the molecule is Fc1ccc2[nH]cc(-c3ccccc3C(F)F)c2n1. The molecular formula is C14H9F3N2. The molecule has 0 aliphatic rings. The number of benzene rings is 1. The third kappa shape index (κ3) is 1.97. The molecule has 0 unspecified atom stereocenters. The maximum absolute atomic E-state index is 13.2. The van der Waals surface area contributed by atoms with Crippen LogP contribution in [0.1, 0.15) is 12.0 Å². The number of hydrogen-bond acceptors (Lipinski definition) is 1. The smallest absolute Gasteiger partial charge is 0.264 e. The number of aromatic amines is 1. The highest BCUT2D eigenvalue weighted by Crippen LogP contribution is 2.34. The lowest BCUT2D eigenvalue weighted by Crippen LogP contribution is -1.90. The predicted octanol–water partition coefficient (Wildman–Crippen LogP) is 4.31. The summed E-state index contributed by atoms with van der Waals surface area (Å²) < 4.78 is 39.2. The Morgan fingerprint density at radius 1 is 1.00 bits per heavy atom. The van der Waals surface area contributed by atoms with E-state index in [0.29, 0.717) is 22.2 Å². The van der Waals surface area contributed by atoms with Crippen LogP contribution in [-0.4, -0.2) is 9.97 Å². The average Bonchev–Trinajstić information content (AvgIpc) is 2.81. The molecular weight excluding hydrogens is 253 g/mol. The molecule has 0 aliphatic carbocycles. The van der Waals surface area contributed by atoms with Gasteiger partial charge in [0, 0.05) is 17.3 Å². The van der Waals surface area contributed by atoms with Crippen molar-refractivity contribution in [2.75, 3.05) is 0 Å². The summed E-state index contributed by atoms with van der Waals surface area (Å²) in [7, 11) is 0. The summed E-state index contributed by atoms with van der Waals surface area (Å²) in [5.41, 5.74) is 1.72. The van der Waals surface area contributed by atoms with Crippen LogP contribution in [0, 0.1) is 5.95 Å². The summed E-state index contributed by atoms with van der Waals surface area (Å²) in [5, 5.41) is 0. The Bertz CT molecular complexity index is 734. The molecule has 0 fully saturated rings. The zero-order valence-corrected chi connectivity index (χ0v) is 9.70. The molecule has 2 aromatic heterocycles. The van der Waals surface area contributed by atoms with Crippen molar-refractivity contribution < 1.29 is 13.2 Å². The zero-order chi connectivity index (χ0) is 13.4. The average molecular weight is 262 g/mol. The molecule has 1 aromatic carbocycles. The van der Waals surface area contributed by atoms with E-state index in [2.05, 4.69) is 9.97 Å². The summed E-state index contributed by atoms with van der Waals surface area (Å²) >= 11 is 0. The van der Waals surface area contributed by atoms with Crippen molar-refractivity contribution in [2.24, 2.45) is 0 Å². The molecule has 0 radical (unpaired) electrons. The monoisotopic (exact) mass is 262 g/mol. The first-order chi connectivity index (χ1) is 9.16. The van der Waals surface area contributed by atoms with Crippen molar-refractivity contribution in [3.8, 4) is 11.1 Å². The van der Waals surface area contributed by atoms with Gasteiger partial charge in [-0.25, -0.2) is 13.8 Å². The van der Waals surface area contributed by atoms with Crippen LogP contribution in [0.25, 0.3) is 22.2 Å². The molecule has 0 aliphatic heterocycles. The van der Waals surface area contributed by atoms with E-state index in [-0.39, 0.29) is 5.56 Å². The van der Waals surface area contributed by atoms with Gasteiger partial charge in [-0.15, -0.1) is 0 Å². The van der Waals surface area contributed by atoms with Gasteiger partial charge in [-0.1, -0.05) is 24.3 Å². The molecule has 2 heterocycles. The van der Waals surface area contributed by atoms with Gasteiger partial charge in [-0.2, -0.15) is 4.39 Å². The number of alkyl halides is 2. The zero-order valence-electron chi connectivity index (χ0n) is 9.70. The molecule has 0 saturated carbocycles. The van der Waals surface area contributed by atoms with Gasteiger partial charge < -0.3 is 4.98 Å². The summed E-state index contributed by atoms with van der Waals surface area (Å²) in [6, 6.07) is 8.91. The highest BCUT2D eigenvalue weighted by Gasteiger charge is 2.16. The Labute approximate surface area is 106 Å². The topological polar surface area (TPSA) is 28.7 Å². The Balaban J connectivity index is 2.28. The normalized spacial score (nSPS) is 11.4. The summed E-state index contributed by atoms with van der Waals surface area (Å²) in [5.74, 6) is -0.636. The van der Waals surface area contributed by atoms with Crippen LogP contribution >= 0.6 is 0 Å². The lowest BCUT2D eigenvalue weighted by molar-refractivity contribution is 0.152. The fourth-order valence-corrected chi connectivity index (χ4v) is 2.11. The molecule has 2 nitrogen and oxygen atoms in total. The van der Waals surface area contributed by atoms with Crippen LogP contribution < -0.4 is 0 Å². The Morgan fingerprint density at radius 3 is 2.58 bits per heavy atom. The molecule has 96 valence electrons. The van der Waals surface area contributed by atoms with Crippen molar-refractivity contribution in [2.45, 2.75) is 6.43 Å². The molecule has 0 saturated heterocycles. The Kier molecular flexibility index (Phi) is 2.74. The molecule has 0 atom stereocenters.